The van der Waals surface area contributed by atoms with Gasteiger partial charge in [-0.2, -0.15) is 15.0 Å². The second-order valence-electron chi connectivity index (χ2n) is 10.1. The molecule has 2 saturated heterocycles. The van der Waals surface area contributed by atoms with Crippen molar-refractivity contribution in [2.75, 3.05) is 19.8 Å². The fraction of sp³-hybridized carbons (Fsp3) is 0.481. The number of aromatic nitrogens is 3. The fourth-order valence-corrected chi connectivity index (χ4v) is 7.34. The maximum Gasteiger partial charge on any atom is 0.462 e. The number of fused-ring (bicyclic) bond motifs is 1. The first-order chi connectivity index (χ1) is 19.6. The first-order valence-electron chi connectivity index (χ1n) is 13.3. The lowest BCUT2D eigenvalue weighted by molar-refractivity contribution is -0.147. The number of aryl methyl sites for hydroxylation is 1. The molecule has 12 nitrogen and oxygen atoms in total. The summed E-state index contributed by atoms with van der Waals surface area (Å²) in [5, 5.41) is 25.5. The van der Waals surface area contributed by atoms with Crippen molar-refractivity contribution in [2.45, 2.75) is 63.1 Å². The molecule has 1 unspecified atom stereocenters. The summed E-state index contributed by atoms with van der Waals surface area (Å²) in [4.78, 5) is 16.8. The quantitative estimate of drug-likeness (QED) is 0.290. The normalized spacial score (nSPS) is 29.7. The molecule has 14 heteroatoms. The topological polar surface area (TPSA) is 149 Å². The number of nitrogens with zero attached hydrogens (tertiary/aromatic N) is 5. The van der Waals surface area contributed by atoms with Gasteiger partial charge in [-0.25, -0.2) is 18.5 Å². The van der Waals surface area contributed by atoms with Crippen LogP contribution in [-0.2, 0) is 29.0 Å². The summed E-state index contributed by atoms with van der Waals surface area (Å²) in [6.07, 6.45) is -1.13. The van der Waals surface area contributed by atoms with Crippen LogP contribution in [0, 0.1) is 18.3 Å². The molecule has 1 aromatic carbocycles. The molecule has 0 radical (unpaired) electrons. The van der Waals surface area contributed by atoms with Crippen LogP contribution < -0.4 is 4.52 Å². The molecule has 0 saturated carbocycles. The van der Waals surface area contributed by atoms with Crippen LogP contribution in [0.5, 0.6) is 5.75 Å². The highest BCUT2D eigenvalue weighted by Gasteiger charge is 2.67. The van der Waals surface area contributed by atoms with Crippen LogP contribution >= 0.6 is 7.75 Å². The maximum absolute atomic E-state index is 16.4. The fourth-order valence-electron chi connectivity index (χ4n) is 5.37. The van der Waals surface area contributed by atoms with Crippen LogP contribution in [0.4, 0.5) is 4.39 Å². The number of rotatable bonds is 9. The van der Waals surface area contributed by atoms with Crippen molar-refractivity contribution in [1.82, 2.24) is 19.3 Å². The van der Waals surface area contributed by atoms with Gasteiger partial charge in [0.1, 0.15) is 36.4 Å². The van der Waals surface area contributed by atoms with Crippen LogP contribution in [0.15, 0.2) is 48.8 Å². The van der Waals surface area contributed by atoms with Gasteiger partial charge in [-0.05, 0) is 57.9 Å². The van der Waals surface area contributed by atoms with Crippen LogP contribution in [-0.4, -0.2) is 74.0 Å². The third-order valence-electron chi connectivity index (χ3n) is 7.55. The number of hydrogen-bond donors (Lipinski definition) is 1. The zero-order valence-electron chi connectivity index (χ0n) is 22.8. The molecule has 218 valence electrons. The van der Waals surface area contributed by atoms with Gasteiger partial charge < -0.3 is 19.1 Å². The molecule has 4 heterocycles. The largest absolute Gasteiger partial charge is 0.465 e. The van der Waals surface area contributed by atoms with E-state index in [0.29, 0.717) is 24.1 Å². The predicted octanol–water partition coefficient (Wildman–Crippen LogP) is 3.48. The number of ether oxygens (including phenoxy) is 2. The first kappa shape index (κ1) is 29.1. The number of nitriles is 1. The van der Waals surface area contributed by atoms with Crippen molar-refractivity contribution in [1.29, 1.82) is 5.26 Å². The average Bonchev–Trinajstić information content (AvgIpc) is 3.67. The lowest BCUT2D eigenvalue weighted by Crippen LogP contribution is -2.48. The molecule has 1 N–H and O–H groups in total. The maximum atomic E-state index is 16.4. The zero-order chi connectivity index (χ0) is 29.4. The van der Waals surface area contributed by atoms with Crippen molar-refractivity contribution in [3.63, 3.8) is 0 Å². The lowest BCUT2D eigenvalue weighted by atomic mass is 9.82. The van der Waals surface area contributed by atoms with E-state index in [-0.39, 0.29) is 24.6 Å². The Morgan fingerprint density at radius 1 is 1.32 bits per heavy atom. The molecule has 6 atom stereocenters. The van der Waals surface area contributed by atoms with Crippen molar-refractivity contribution >= 4 is 19.2 Å². The molecule has 2 aliphatic heterocycles. The number of carbonyl (C=O) groups excluding carboxylic acids is 1. The molecule has 2 aromatic heterocycles. The molecule has 0 bridgehead atoms. The van der Waals surface area contributed by atoms with Crippen molar-refractivity contribution in [2.24, 2.45) is 0 Å². The smallest absolute Gasteiger partial charge is 0.462 e. The number of carbonyl (C=O) groups is 1. The molecule has 0 amide bonds. The van der Waals surface area contributed by atoms with Gasteiger partial charge in [-0.15, -0.1) is 0 Å². The number of alkyl halides is 1. The third-order valence-corrected chi connectivity index (χ3v) is 9.58. The van der Waals surface area contributed by atoms with Gasteiger partial charge in [0.2, 0.25) is 5.60 Å². The molecule has 2 aliphatic rings. The minimum absolute atomic E-state index is 0.0534. The molecule has 41 heavy (non-hydrogen) atoms. The summed E-state index contributed by atoms with van der Waals surface area (Å²) in [6, 6.07) is 12.4. The van der Waals surface area contributed by atoms with Crippen LogP contribution in [0.1, 0.15) is 38.1 Å². The number of hydrogen-bond acceptors (Lipinski definition) is 10. The van der Waals surface area contributed by atoms with E-state index in [0.717, 1.165) is 6.92 Å². The number of benzene rings is 1. The van der Waals surface area contributed by atoms with Crippen LogP contribution in [0.2, 0.25) is 0 Å². The third kappa shape index (κ3) is 4.90. The Morgan fingerprint density at radius 3 is 2.78 bits per heavy atom. The van der Waals surface area contributed by atoms with Gasteiger partial charge in [-0.1, -0.05) is 18.2 Å². The van der Waals surface area contributed by atoms with Gasteiger partial charge in [0.05, 0.1) is 30.1 Å². The summed E-state index contributed by atoms with van der Waals surface area (Å²) in [6.45, 7) is 4.20. The Bertz CT molecular complexity index is 1510. The molecule has 2 fully saturated rings. The number of para-hydroxylation sites is 1. The molecule has 3 aromatic rings. The van der Waals surface area contributed by atoms with E-state index in [1.54, 1.807) is 50.2 Å². The zero-order valence-corrected chi connectivity index (χ0v) is 23.7. The van der Waals surface area contributed by atoms with E-state index < -0.39 is 49.8 Å². The Labute approximate surface area is 236 Å². The standard InChI is InChI=1S/C27H31FN5O7P/c1-4-37-25(35)21-11-8-14-32(21)41(36,40-19-9-6-5-7-10-19)38-15-22-24(34)26(3,28)27(16-29,39-22)23-13-12-20-18(2)30-17-31-33(20)23/h5-7,9-10,12-13,17,21-22,24,34H,4,8,11,14-15H2,1-3H3/t21-,22+,24+,26+,27-,41?/m0/s1. The van der Waals surface area contributed by atoms with Gasteiger partial charge in [0.15, 0.2) is 5.67 Å². The molecule has 0 aliphatic carbocycles. The Morgan fingerprint density at radius 2 is 2.07 bits per heavy atom. The summed E-state index contributed by atoms with van der Waals surface area (Å²) in [5.74, 6) is -0.352. The van der Waals surface area contributed by atoms with E-state index >= 15 is 4.39 Å². The van der Waals surface area contributed by atoms with Gasteiger partial charge >= 0.3 is 13.7 Å². The highest BCUT2D eigenvalue weighted by Crippen LogP contribution is 2.57. The van der Waals surface area contributed by atoms with E-state index in [9.17, 15) is 19.7 Å². The summed E-state index contributed by atoms with van der Waals surface area (Å²) >= 11 is 0. The Kier molecular flexibility index (Phi) is 7.89. The number of aliphatic hydroxyl groups is 1. The lowest BCUT2D eigenvalue weighted by Gasteiger charge is -2.31. The SMILES string of the molecule is CCOC(=O)[C@@H]1CCCN1P(=O)(OC[C@H]1O[C@@](C#N)(c2ccc3c(C)ncnn23)[C@](C)(F)[C@@H]1O)Oc1ccccc1. The summed E-state index contributed by atoms with van der Waals surface area (Å²) in [5.41, 5.74) is -3.74. The minimum atomic E-state index is -4.29. The highest BCUT2D eigenvalue weighted by molar-refractivity contribution is 7.51. The summed E-state index contributed by atoms with van der Waals surface area (Å²) < 4.78 is 56.2. The molecular formula is C27H31FN5O7P. The second-order valence-corrected chi connectivity index (χ2v) is 12.0. The number of halogens is 1. The number of esters is 1. The van der Waals surface area contributed by atoms with Gasteiger partial charge in [0.25, 0.3) is 0 Å². The average molecular weight is 588 g/mol. The summed E-state index contributed by atoms with van der Waals surface area (Å²) in [7, 11) is -4.29. The van der Waals surface area contributed by atoms with E-state index in [1.165, 1.54) is 21.6 Å². The van der Waals surface area contributed by atoms with Crippen molar-refractivity contribution in [3.05, 3.63) is 60.2 Å². The Hall–Kier alpha value is -3.40. The predicted molar refractivity (Wildman–Crippen MR) is 142 cm³/mol. The first-order valence-corrected chi connectivity index (χ1v) is 14.8. The van der Waals surface area contributed by atoms with Gasteiger partial charge in [-0.3, -0.25) is 9.32 Å². The van der Waals surface area contributed by atoms with Crippen LogP contribution in [0.25, 0.3) is 5.52 Å². The molecule has 0 spiro atoms. The Balaban J connectivity index is 1.46. The van der Waals surface area contributed by atoms with E-state index in [2.05, 4.69) is 10.1 Å². The van der Waals surface area contributed by atoms with Crippen molar-refractivity contribution < 1.29 is 37.4 Å². The highest BCUT2D eigenvalue weighted by atomic mass is 31.2. The minimum Gasteiger partial charge on any atom is -0.465 e. The van der Waals surface area contributed by atoms with E-state index in [1.807, 2.05) is 6.07 Å². The second kappa shape index (κ2) is 11.1. The van der Waals surface area contributed by atoms with Crippen molar-refractivity contribution in [3.8, 4) is 11.8 Å². The van der Waals surface area contributed by atoms with Crippen LogP contribution in [0.3, 0.4) is 0 Å². The number of aliphatic hydroxyl groups excluding tert-OH is 1. The molecular weight excluding hydrogens is 556 g/mol. The van der Waals surface area contributed by atoms with E-state index in [4.69, 9.17) is 18.5 Å². The molecule has 5 rings (SSSR count). The van der Waals surface area contributed by atoms with Gasteiger partial charge in [0, 0.05) is 6.54 Å². The monoisotopic (exact) mass is 587 g/mol.